The van der Waals surface area contributed by atoms with Gasteiger partial charge < -0.3 is 26.2 Å². The quantitative estimate of drug-likeness (QED) is 0.384. The molecule has 0 bridgehead atoms. The molecular weight excluding hydrogens is 451 g/mol. The number of aryl methyl sites for hydroxylation is 1. The second kappa shape index (κ2) is 12.5. The fourth-order valence-electron chi connectivity index (χ4n) is 3.79. The van der Waals surface area contributed by atoms with E-state index in [-0.39, 0.29) is 24.1 Å². The van der Waals surface area contributed by atoms with Crippen molar-refractivity contribution in [2.45, 2.75) is 32.4 Å². The molecule has 2 atom stereocenters. The third kappa shape index (κ3) is 6.14. The van der Waals surface area contributed by atoms with Crippen LogP contribution in [0.4, 0.5) is 0 Å². The normalized spacial score (nSPS) is 13.4. The summed E-state index contributed by atoms with van der Waals surface area (Å²) in [4.78, 5) is 27.3. The molecule has 0 spiro atoms. The van der Waals surface area contributed by atoms with Crippen LogP contribution in [0.25, 0.3) is 11.1 Å². The van der Waals surface area contributed by atoms with Gasteiger partial charge in [0.1, 0.15) is 23.6 Å². The van der Waals surface area contributed by atoms with Crippen molar-refractivity contribution in [2.75, 3.05) is 34.4 Å². The van der Waals surface area contributed by atoms with Crippen molar-refractivity contribution in [1.29, 1.82) is 0 Å². The maximum absolute atomic E-state index is 13.5. The average molecular weight is 487 g/mol. The average Bonchev–Trinajstić information content (AvgIpc) is 2.84. The summed E-state index contributed by atoms with van der Waals surface area (Å²) >= 11 is 0. The lowest BCUT2D eigenvalue weighted by Crippen LogP contribution is -2.49. The van der Waals surface area contributed by atoms with Crippen LogP contribution in [0, 0.1) is 0 Å². The molecular formula is C25H35N4O4P. The lowest BCUT2D eigenvalue weighted by Gasteiger charge is -2.30. The number of aromatic hydroxyl groups is 1. The van der Waals surface area contributed by atoms with Gasteiger partial charge in [-0.2, -0.15) is 0 Å². The van der Waals surface area contributed by atoms with E-state index in [0.717, 1.165) is 25.6 Å². The van der Waals surface area contributed by atoms with Crippen LogP contribution in [0.1, 0.15) is 31.0 Å². The van der Waals surface area contributed by atoms with Crippen molar-refractivity contribution in [2.24, 2.45) is 5.73 Å². The molecule has 0 radical (unpaired) electrons. The van der Waals surface area contributed by atoms with Crippen LogP contribution in [0.15, 0.2) is 36.4 Å². The minimum Gasteiger partial charge on any atom is -0.507 e. The number of benzene rings is 2. The highest BCUT2D eigenvalue weighted by Crippen LogP contribution is 2.39. The molecule has 0 aromatic heterocycles. The monoisotopic (exact) mass is 486 g/mol. The topological polar surface area (TPSA) is 117 Å². The number of hydrogen-bond donors (Lipinski definition) is 4. The third-order valence-electron chi connectivity index (χ3n) is 5.78. The van der Waals surface area contributed by atoms with Gasteiger partial charge in [-0.15, -0.1) is 0 Å². The highest BCUT2D eigenvalue weighted by Gasteiger charge is 2.30. The number of carbonyl (C=O) groups is 2. The van der Waals surface area contributed by atoms with Gasteiger partial charge in [-0.3, -0.25) is 14.5 Å². The molecule has 0 fully saturated rings. The predicted molar refractivity (Wildman–Crippen MR) is 139 cm³/mol. The first kappa shape index (κ1) is 27.3. The SMILES string of the molecule is CCc1ccc(O)c(-c2cc(C(C(=O)N[C@@H](C)C(=O)NC)N(C)C(CN)=PC)ccc2OC)c1. The lowest BCUT2D eigenvalue weighted by atomic mass is 9.95. The summed E-state index contributed by atoms with van der Waals surface area (Å²) < 4.78 is 5.58. The summed E-state index contributed by atoms with van der Waals surface area (Å²) in [6.45, 7) is 5.91. The van der Waals surface area contributed by atoms with Gasteiger partial charge in [0.05, 0.1) is 7.11 Å². The van der Waals surface area contributed by atoms with Crippen molar-refractivity contribution >= 4 is 25.4 Å². The molecule has 2 rings (SSSR count). The smallest absolute Gasteiger partial charge is 0.242 e. The Kier molecular flexibility index (Phi) is 10.1. The Hall–Kier alpha value is -2.93. The molecule has 8 nitrogen and oxygen atoms in total. The van der Waals surface area contributed by atoms with Crippen molar-refractivity contribution in [3.8, 4) is 22.6 Å². The number of methoxy groups -OCH3 is 1. The summed E-state index contributed by atoms with van der Waals surface area (Å²) in [5, 5.41) is 16.0. The van der Waals surface area contributed by atoms with Crippen LogP contribution < -0.4 is 21.1 Å². The molecule has 2 aromatic carbocycles. The lowest BCUT2D eigenvalue weighted by molar-refractivity contribution is -0.130. The number of nitrogens with zero attached hydrogens (tertiary/aromatic N) is 1. The number of nitrogens with one attached hydrogen (secondary N) is 2. The molecule has 34 heavy (non-hydrogen) atoms. The first-order chi connectivity index (χ1) is 16.2. The van der Waals surface area contributed by atoms with Gasteiger partial charge in [0.25, 0.3) is 0 Å². The number of phenolic OH excluding ortho intramolecular Hbond substituents is 1. The molecule has 5 N–H and O–H groups in total. The van der Waals surface area contributed by atoms with Crippen LogP contribution >= 0.6 is 8.20 Å². The molecule has 0 heterocycles. The van der Waals surface area contributed by atoms with Crippen LogP contribution in [0.2, 0.25) is 0 Å². The Morgan fingerprint density at radius 1 is 1.18 bits per heavy atom. The zero-order chi connectivity index (χ0) is 25.4. The zero-order valence-electron chi connectivity index (χ0n) is 20.7. The number of rotatable bonds is 10. The maximum Gasteiger partial charge on any atom is 0.242 e. The number of hydrogen-bond acceptors (Lipinski definition) is 5. The molecule has 1 unspecified atom stereocenters. The van der Waals surface area contributed by atoms with E-state index < -0.39 is 12.1 Å². The maximum atomic E-state index is 13.5. The Bertz CT molecular complexity index is 1060. The Labute approximate surface area is 203 Å². The number of nitrogens with two attached hydrogens (primary N) is 1. The number of ether oxygens (including phenoxy) is 1. The molecule has 2 amide bonds. The summed E-state index contributed by atoms with van der Waals surface area (Å²) in [6.07, 6.45) is 0.810. The number of phenols is 1. The standard InChI is InChI=1S/C25H35N4O4P/c1-7-16-8-10-20(30)18(12-16)19-13-17(9-11-21(19)33-5)23(29(4)22(14-26)34-6)25(32)28-15(2)24(31)27-3/h8-13,15,23,30H,7,14,26H2,1-6H3,(H,27,31)(H,28,32)/t15-,23?/m0/s1. The van der Waals surface area contributed by atoms with Crippen molar-refractivity contribution < 1.29 is 19.4 Å². The second-order valence-corrected chi connectivity index (χ2v) is 8.83. The predicted octanol–water partition coefficient (Wildman–Crippen LogP) is 2.52. The zero-order valence-corrected chi connectivity index (χ0v) is 21.6. The molecule has 0 saturated carbocycles. The van der Waals surface area contributed by atoms with Crippen LogP contribution in [-0.4, -0.2) is 67.7 Å². The fourth-order valence-corrected chi connectivity index (χ4v) is 4.41. The molecule has 184 valence electrons. The molecule has 0 aliphatic carbocycles. The van der Waals surface area contributed by atoms with Gasteiger partial charge in [0, 0.05) is 30.1 Å². The highest BCUT2D eigenvalue weighted by molar-refractivity contribution is 7.39. The largest absolute Gasteiger partial charge is 0.507 e. The van der Waals surface area contributed by atoms with E-state index >= 15 is 0 Å². The van der Waals surface area contributed by atoms with E-state index in [9.17, 15) is 14.7 Å². The van der Waals surface area contributed by atoms with Gasteiger partial charge in [-0.1, -0.05) is 27.3 Å². The number of carbonyl (C=O) groups excluding carboxylic acids is 2. The van der Waals surface area contributed by atoms with Gasteiger partial charge in [0.15, 0.2) is 0 Å². The van der Waals surface area contributed by atoms with E-state index in [1.165, 1.54) is 7.05 Å². The van der Waals surface area contributed by atoms with E-state index in [1.54, 1.807) is 26.2 Å². The van der Waals surface area contributed by atoms with Crippen LogP contribution in [0.5, 0.6) is 11.5 Å². The minimum atomic E-state index is -0.751. The summed E-state index contributed by atoms with van der Waals surface area (Å²) in [5.74, 6) is 0.0694. The number of likely N-dealkylation sites (N-methyl/N-ethyl adjacent to an activating group) is 2. The molecule has 0 aliphatic heterocycles. The van der Waals surface area contributed by atoms with Crippen molar-refractivity contribution in [3.05, 3.63) is 47.5 Å². The van der Waals surface area contributed by atoms with Gasteiger partial charge in [0.2, 0.25) is 11.8 Å². The van der Waals surface area contributed by atoms with Crippen molar-refractivity contribution in [1.82, 2.24) is 15.5 Å². The van der Waals surface area contributed by atoms with Gasteiger partial charge in [-0.25, -0.2) is 0 Å². The van der Waals surface area contributed by atoms with E-state index in [4.69, 9.17) is 10.5 Å². The van der Waals surface area contributed by atoms with Crippen molar-refractivity contribution in [3.63, 3.8) is 0 Å². The Morgan fingerprint density at radius 2 is 1.88 bits per heavy atom. The summed E-state index contributed by atoms with van der Waals surface area (Å²) in [7, 11) is 5.84. The molecule has 2 aromatic rings. The molecule has 9 heteroatoms. The molecule has 0 saturated heterocycles. The third-order valence-corrected chi connectivity index (χ3v) is 6.79. The summed E-state index contributed by atoms with van der Waals surface area (Å²) in [5.41, 5.74) is 9.85. The van der Waals surface area contributed by atoms with Gasteiger partial charge in [-0.05, 0) is 62.4 Å². The van der Waals surface area contributed by atoms with E-state index in [2.05, 4.69) is 10.6 Å². The molecule has 0 aliphatic rings. The highest BCUT2D eigenvalue weighted by atomic mass is 31.1. The van der Waals surface area contributed by atoms with Crippen LogP contribution in [0.3, 0.4) is 0 Å². The Balaban J connectivity index is 2.65. The van der Waals surface area contributed by atoms with E-state index in [0.29, 0.717) is 22.4 Å². The second-order valence-electron chi connectivity index (χ2n) is 7.87. The van der Waals surface area contributed by atoms with Gasteiger partial charge >= 0.3 is 0 Å². The van der Waals surface area contributed by atoms with E-state index in [1.807, 2.05) is 49.8 Å². The summed E-state index contributed by atoms with van der Waals surface area (Å²) in [6, 6.07) is 9.45. The van der Waals surface area contributed by atoms with Crippen LogP contribution in [-0.2, 0) is 16.0 Å². The Morgan fingerprint density at radius 3 is 2.44 bits per heavy atom. The fraction of sp³-hybridized carbons (Fsp3) is 0.400. The minimum absolute atomic E-state index is 0.122. The number of amides is 2. The first-order valence-corrected chi connectivity index (χ1v) is 12.5. The first-order valence-electron chi connectivity index (χ1n) is 11.1.